The molecular formula is C14H13BrN2O2. The zero-order chi connectivity index (χ0) is 14.0. The molecule has 4 N–H and O–H groups in total. The smallest absolute Gasteiger partial charge is 0.337 e. The first kappa shape index (κ1) is 13.4. The monoisotopic (exact) mass is 320 g/mol. The number of benzene rings is 2. The minimum absolute atomic E-state index is 0.150. The maximum Gasteiger partial charge on any atom is 0.337 e. The van der Waals surface area contributed by atoms with E-state index in [1.54, 1.807) is 12.1 Å². The van der Waals surface area contributed by atoms with Crippen molar-refractivity contribution >= 4 is 39.0 Å². The number of nitrogen functional groups attached to an aromatic ring is 1. The van der Waals surface area contributed by atoms with Crippen LogP contribution in [0.15, 0.2) is 40.9 Å². The number of aromatic carboxylic acids is 1. The van der Waals surface area contributed by atoms with E-state index in [1.165, 1.54) is 6.07 Å². The van der Waals surface area contributed by atoms with Crippen molar-refractivity contribution in [3.63, 3.8) is 0 Å². The molecule has 0 bridgehead atoms. The predicted octanol–water partition coefficient (Wildman–Crippen LogP) is 3.78. The van der Waals surface area contributed by atoms with E-state index in [4.69, 9.17) is 10.8 Å². The highest BCUT2D eigenvalue weighted by Crippen LogP contribution is 2.29. The molecule has 98 valence electrons. The lowest BCUT2D eigenvalue weighted by atomic mass is 10.1. The first-order valence-corrected chi connectivity index (χ1v) is 6.43. The summed E-state index contributed by atoms with van der Waals surface area (Å²) in [5.41, 5.74) is 8.67. The highest BCUT2D eigenvalue weighted by Gasteiger charge is 2.12. The highest BCUT2D eigenvalue weighted by atomic mass is 79.9. The largest absolute Gasteiger partial charge is 0.478 e. The number of aryl methyl sites for hydroxylation is 1. The summed E-state index contributed by atoms with van der Waals surface area (Å²) in [7, 11) is 0. The predicted molar refractivity (Wildman–Crippen MR) is 80.0 cm³/mol. The Labute approximate surface area is 119 Å². The van der Waals surface area contributed by atoms with Gasteiger partial charge in [0.05, 0.1) is 16.9 Å². The molecule has 0 saturated heterocycles. The zero-order valence-electron chi connectivity index (χ0n) is 10.3. The normalized spacial score (nSPS) is 10.2. The molecule has 0 fully saturated rings. The summed E-state index contributed by atoms with van der Waals surface area (Å²) in [5.74, 6) is -1.01. The van der Waals surface area contributed by atoms with Gasteiger partial charge in [-0.2, -0.15) is 0 Å². The number of anilines is 3. The third kappa shape index (κ3) is 2.88. The molecule has 0 unspecified atom stereocenters. The van der Waals surface area contributed by atoms with Crippen LogP contribution in [0.2, 0.25) is 0 Å². The van der Waals surface area contributed by atoms with Crippen molar-refractivity contribution in [1.29, 1.82) is 0 Å². The Kier molecular flexibility index (Phi) is 3.76. The van der Waals surface area contributed by atoms with Crippen LogP contribution >= 0.6 is 15.9 Å². The minimum Gasteiger partial charge on any atom is -0.478 e. The number of para-hydroxylation sites is 1. The van der Waals surface area contributed by atoms with Gasteiger partial charge in [0, 0.05) is 10.2 Å². The second-order valence-electron chi connectivity index (χ2n) is 4.16. The van der Waals surface area contributed by atoms with Crippen molar-refractivity contribution in [2.24, 2.45) is 0 Å². The molecule has 2 aromatic carbocycles. The fraction of sp³-hybridized carbons (Fsp3) is 0.0714. The van der Waals surface area contributed by atoms with Gasteiger partial charge in [-0.1, -0.05) is 28.1 Å². The van der Waals surface area contributed by atoms with Crippen LogP contribution in [0.3, 0.4) is 0 Å². The van der Waals surface area contributed by atoms with Crippen molar-refractivity contribution in [2.75, 3.05) is 11.1 Å². The second kappa shape index (κ2) is 5.32. The number of rotatable bonds is 3. The first-order chi connectivity index (χ1) is 8.99. The van der Waals surface area contributed by atoms with Crippen LogP contribution in [0.1, 0.15) is 15.9 Å². The number of hydrogen-bond acceptors (Lipinski definition) is 3. The molecule has 0 radical (unpaired) electrons. The molecule has 0 saturated carbocycles. The maximum absolute atomic E-state index is 11.2. The molecule has 0 heterocycles. The summed E-state index contributed by atoms with van der Waals surface area (Å²) in [6, 6.07) is 10.5. The molecule has 0 spiro atoms. The average Bonchev–Trinajstić information content (AvgIpc) is 2.36. The molecule has 0 amide bonds. The van der Waals surface area contributed by atoms with Gasteiger partial charge in [-0.15, -0.1) is 0 Å². The van der Waals surface area contributed by atoms with E-state index >= 15 is 0 Å². The Morgan fingerprint density at radius 3 is 2.68 bits per heavy atom. The molecule has 19 heavy (non-hydrogen) atoms. The summed E-state index contributed by atoms with van der Waals surface area (Å²) in [5, 5.41) is 12.2. The third-order valence-electron chi connectivity index (χ3n) is 2.77. The van der Waals surface area contributed by atoms with Crippen LogP contribution < -0.4 is 11.1 Å². The summed E-state index contributed by atoms with van der Waals surface area (Å²) >= 11 is 3.44. The lowest BCUT2D eigenvalue weighted by molar-refractivity contribution is 0.0698. The number of carboxylic acids is 1. The van der Waals surface area contributed by atoms with E-state index in [-0.39, 0.29) is 5.56 Å². The van der Waals surface area contributed by atoms with Gasteiger partial charge in [0.15, 0.2) is 0 Å². The molecule has 5 heteroatoms. The minimum atomic E-state index is -1.01. The number of nitrogens with one attached hydrogen (secondary N) is 1. The van der Waals surface area contributed by atoms with Gasteiger partial charge in [-0.05, 0) is 36.8 Å². The Bertz CT molecular complexity index is 641. The lowest BCUT2D eigenvalue weighted by Crippen LogP contribution is -2.05. The van der Waals surface area contributed by atoms with Crippen LogP contribution in [0.5, 0.6) is 0 Å². The number of carboxylic acid groups (broad SMARTS) is 1. The fourth-order valence-electron chi connectivity index (χ4n) is 1.70. The van der Waals surface area contributed by atoms with Crippen LogP contribution in [0.25, 0.3) is 0 Å². The van der Waals surface area contributed by atoms with E-state index in [0.717, 1.165) is 15.7 Å². The molecule has 0 aliphatic carbocycles. The van der Waals surface area contributed by atoms with Crippen molar-refractivity contribution < 1.29 is 9.90 Å². The summed E-state index contributed by atoms with van der Waals surface area (Å²) in [6.07, 6.45) is 0. The molecule has 0 aliphatic rings. The van der Waals surface area contributed by atoms with E-state index in [1.807, 2.05) is 25.1 Å². The van der Waals surface area contributed by atoms with E-state index in [2.05, 4.69) is 21.2 Å². The van der Waals surface area contributed by atoms with Crippen LogP contribution in [-0.2, 0) is 0 Å². The van der Waals surface area contributed by atoms with Gasteiger partial charge in [0.1, 0.15) is 0 Å². The third-order valence-corrected chi connectivity index (χ3v) is 3.62. The van der Waals surface area contributed by atoms with Gasteiger partial charge >= 0.3 is 5.97 Å². The van der Waals surface area contributed by atoms with Crippen molar-refractivity contribution in [3.05, 3.63) is 52.0 Å². The summed E-state index contributed by atoms with van der Waals surface area (Å²) < 4.78 is 0.948. The number of carbonyl (C=O) groups is 1. The van der Waals surface area contributed by atoms with Crippen molar-refractivity contribution in [2.45, 2.75) is 6.92 Å². The Morgan fingerprint density at radius 1 is 1.32 bits per heavy atom. The van der Waals surface area contributed by atoms with E-state index < -0.39 is 5.97 Å². The molecule has 4 nitrogen and oxygen atoms in total. The number of hydrogen-bond donors (Lipinski definition) is 3. The van der Waals surface area contributed by atoms with Gasteiger partial charge < -0.3 is 16.2 Å². The molecule has 0 aromatic heterocycles. The van der Waals surface area contributed by atoms with Gasteiger partial charge in [-0.25, -0.2) is 4.79 Å². The lowest BCUT2D eigenvalue weighted by Gasteiger charge is -2.13. The molecule has 2 rings (SSSR count). The standard InChI is InChI=1S/C14H13BrN2O2/c1-8-5-6-9(7-11(8)15)17-13-10(14(18)19)3-2-4-12(13)16/h2-7,17H,16H2,1H3,(H,18,19). The number of nitrogens with two attached hydrogens (primary N) is 1. The van der Waals surface area contributed by atoms with Gasteiger partial charge in [0.2, 0.25) is 0 Å². The number of halogens is 1. The fourth-order valence-corrected chi connectivity index (χ4v) is 2.08. The topological polar surface area (TPSA) is 75.3 Å². The molecule has 0 aliphatic heterocycles. The van der Waals surface area contributed by atoms with Crippen LogP contribution in [0.4, 0.5) is 17.1 Å². The average molecular weight is 321 g/mol. The quantitative estimate of drug-likeness (QED) is 0.752. The van der Waals surface area contributed by atoms with Gasteiger partial charge in [0.25, 0.3) is 0 Å². The first-order valence-electron chi connectivity index (χ1n) is 5.64. The van der Waals surface area contributed by atoms with Crippen LogP contribution in [-0.4, -0.2) is 11.1 Å². The summed E-state index contributed by atoms with van der Waals surface area (Å²) in [6.45, 7) is 1.98. The molecule has 2 aromatic rings. The highest BCUT2D eigenvalue weighted by molar-refractivity contribution is 9.10. The Balaban J connectivity index is 2.42. The Hall–Kier alpha value is -2.01. The Morgan fingerprint density at radius 2 is 2.05 bits per heavy atom. The maximum atomic E-state index is 11.2. The van der Waals surface area contributed by atoms with E-state index in [9.17, 15) is 4.79 Å². The van der Waals surface area contributed by atoms with E-state index in [0.29, 0.717) is 11.4 Å². The SMILES string of the molecule is Cc1ccc(Nc2c(N)cccc2C(=O)O)cc1Br. The second-order valence-corrected chi connectivity index (χ2v) is 5.02. The summed E-state index contributed by atoms with van der Waals surface area (Å²) in [4.78, 5) is 11.2. The van der Waals surface area contributed by atoms with Gasteiger partial charge in [-0.3, -0.25) is 0 Å². The molecular weight excluding hydrogens is 308 g/mol. The van der Waals surface area contributed by atoms with Crippen molar-refractivity contribution in [3.8, 4) is 0 Å². The molecule has 0 atom stereocenters. The zero-order valence-corrected chi connectivity index (χ0v) is 11.9. The van der Waals surface area contributed by atoms with Crippen LogP contribution in [0, 0.1) is 6.92 Å². The van der Waals surface area contributed by atoms with Crippen molar-refractivity contribution in [1.82, 2.24) is 0 Å².